The summed E-state index contributed by atoms with van der Waals surface area (Å²) in [5, 5.41) is 8.92. The van der Waals surface area contributed by atoms with Gasteiger partial charge in [0.2, 0.25) is 0 Å². The Kier molecular flexibility index (Phi) is 2.00. The molecule has 0 fully saturated rings. The normalized spacial score (nSPS) is 14.6. The average Bonchev–Trinajstić information content (AvgIpc) is 2.16. The van der Waals surface area contributed by atoms with Crippen molar-refractivity contribution in [3.05, 3.63) is 41.1 Å². The molecule has 1 aromatic rings. The van der Waals surface area contributed by atoms with Gasteiger partial charge in [0.15, 0.2) is 0 Å². The minimum Gasteiger partial charge on any atom is -0.477 e. The number of likely N-dealkylation sites (N-methyl/N-ethyl adjacent to an activating group) is 1. The molecule has 72 valence electrons. The zero-order valence-electron chi connectivity index (χ0n) is 7.90. The molecule has 0 unspecified atom stereocenters. The molecule has 1 N–H and O–H groups in total. The Morgan fingerprint density at radius 1 is 1.43 bits per heavy atom. The fraction of sp³-hybridized carbons (Fsp3) is 0.182. The van der Waals surface area contributed by atoms with Crippen molar-refractivity contribution in [2.45, 2.75) is 6.54 Å². The van der Waals surface area contributed by atoms with Crippen LogP contribution in [-0.4, -0.2) is 23.0 Å². The number of carboxylic acids is 1. The van der Waals surface area contributed by atoms with Gasteiger partial charge in [0.1, 0.15) is 5.70 Å². The number of fused-ring (bicyclic) bond motifs is 1. The van der Waals surface area contributed by atoms with E-state index in [0.717, 1.165) is 5.56 Å². The number of rotatable bonds is 1. The smallest absolute Gasteiger partial charge is 0.352 e. The van der Waals surface area contributed by atoms with E-state index in [9.17, 15) is 4.79 Å². The van der Waals surface area contributed by atoms with E-state index in [2.05, 4.69) is 0 Å². The number of carbonyl (C=O) groups is 1. The van der Waals surface area contributed by atoms with Crippen molar-refractivity contribution < 1.29 is 9.90 Å². The van der Waals surface area contributed by atoms with Crippen molar-refractivity contribution in [3.63, 3.8) is 0 Å². The van der Waals surface area contributed by atoms with Crippen LogP contribution in [-0.2, 0) is 11.3 Å². The molecule has 1 aliphatic rings. The summed E-state index contributed by atoms with van der Waals surface area (Å²) in [6, 6.07) is 7.83. The second-order valence-corrected chi connectivity index (χ2v) is 3.39. The van der Waals surface area contributed by atoms with Crippen LogP contribution in [0.3, 0.4) is 0 Å². The van der Waals surface area contributed by atoms with Crippen LogP contribution in [0.25, 0.3) is 6.08 Å². The molecule has 14 heavy (non-hydrogen) atoms. The zero-order valence-corrected chi connectivity index (χ0v) is 7.90. The number of nitrogens with zero attached hydrogens (tertiary/aromatic N) is 1. The molecule has 0 saturated carbocycles. The summed E-state index contributed by atoms with van der Waals surface area (Å²) in [6.07, 6.45) is 1.71. The van der Waals surface area contributed by atoms with Gasteiger partial charge in [0, 0.05) is 13.6 Å². The molecule has 2 rings (SSSR count). The van der Waals surface area contributed by atoms with Crippen LogP contribution < -0.4 is 0 Å². The Bertz CT molecular complexity index is 410. The Morgan fingerprint density at radius 2 is 2.14 bits per heavy atom. The average molecular weight is 189 g/mol. The van der Waals surface area contributed by atoms with Gasteiger partial charge in [-0.3, -0.25) is 0 Å². The summed E-state index contributed by atoms with van der Waals surface area (Å²) in [5.74, 6) is -0.873. The van der Waals surface area contributed by atoms with Gasteiger partial charge in [-0.15, -0.1) is 0 Å². The number of hydrogen-bond acceptors (Lipinski definition) is 2. The van der Waals surface area contributed by atoms with Gasteiger partial charge >= 0.3 is 5.97 Å². The molecule has 0 saturated heterocycles. The molecule has 0 radical (unpaired) electrons. The SMILES string of the molecule is CN1Cc2ccccc2C=C1C(=O)O. The summed E-state index contributed by atoms with van der Waals surface area (Å²) in [5.41, 5.74) is 2.52. The lowest BCUT2D eigenvalue weighted by molar-refractivity contribution is -0.134. The van der Waals surface area contributed by atoms with Crippen molar-refractivity contribution in [1.29, 1.82) is 0 Å². The predicted molar refractivity (Wildman–Crippen MR) is 53.5 cm³/mol. The molecule has 0 aliphatic carbocycles. The first-order valence-electron chi connectivity index (χ1n) is 4.42. The molecule has 1 heterocycles. The van der Waals surface area contributed by atoms with Gasteiger partial charge in [-0.2, -0.15) is 0 Å². The minimum absolute atomic E-state index is 0.351. The maximum Gasteiger partial charge on any atom is 0.352 e. The molecule has 0 amide bonds. The first-order valence-corrected chi connectivity index (χ1v) is 4.42. The van der Waals surface area contributed by atoms with Gasteiger partial charge in [0.05, 0.1) is 0 Å². The number of hydrogen-bond donors (Lipinski definition) is 1. The third-order valence-electron chi connectivity index (χ3n) is 2.39. The van der Waals surface area contributed by atoms with Gasteiger partial charge in [-0.25, -0.2) is 4.79 Å². The number of aliphatic carboxylic acids is 1. The number of carboxylic acid groups (broad SMARTS) is 1. The highest BCUT2D eigenvalue weighted by atomic mass is 16.4. The molecule has 0 bridgehead atoms. The fourth-order valence-corrected chi connectivity index (χ4v) is 1.64. The highest BCUT2D eigenvalue weighted by molar-refractivity contribution is 5.92. The fourth-order valence-electron chi connectivity index (χ4n) is 1.64. The Hall–Kier alpha value is -1.77. The molecule has 1 aromatic carbocycles. The number of benzene rings is 1. The molecule has 0 atom stereocenters. The third-order valence-corrected chi connectivity index (χ3v) is 2.39. The monoisotopic (exact) mass is 189 g/mol. The minimum atomic E-state index is -0.873. The van der Waals surface area contributed by atoms with Crippen molar-refractivity contribution in [3.8, 4) is 0 Å². The van der Waals surface area contributed by atoms with E-state index in [0.29, 0.717) is 12.2 Å². The predicted octanol–water partition coefficient (Wildman–Crippen LogP) is 1.56. The van der Waals surface area contributed by atoms with Crippen LogP contribution in [0.2, 0.25) is 0 Å². The molecule has 1 aliphatic heterocycles. The van der Waals surface area contributed by atoms with Crippen molar-refractivity contribution in [2.75, 3.05) is 7.05 Å². The highest BCUT2D eigenvalue weighted by Gasteiger charge is 2.18. The largest absolute Gasteiger partial charge is 0.477 e. The summed E-state index contributed by atoms with van der Waals surface area (Å²) in [6.45, 7) is 0.661. The van der Waals surface area contributed by atoms with Crippen molar-refractivity contribution in [2.24, 2.45) is 0 Å². The van der Waals surface area contributed by atoms with E-state index in [4.69, 9.17) is 5.11 Å². The maximum atomic E-state index is 10.9. The zero-order chi connectivity index (χ0) is 10.1. The van der Waals surface area contributed by atoms with Crippen LogP contribution in [0.15, 0.2) is 30.0 Å². The van der Waals surface area contributed by atoms with Crippen LogP contribution in [0.1, 0.15) is 11.1 Å². The third kappa shape index (κ3) is 1.37. The highest BCUT2D eigenvalue weighted by Crippen LogP contribution is 2.22. The standard InChI is InChI=1S/C11H11NO2/c1-12-7-9-5-3-2-4-8(9)6-10(12)11(13)14/h2-6H,7H2,1H3,(H,13,14). The van der Waals surface area contributed by atoms with Crippen LogP contribution in [0.4, 0.5) is 0 Å². The molecule has 3 nitrogen and oxygen atoms in total. The van der Waals surface area contributed by atoms with Crippen LogP contribution in [0, 0.1) is 0 Å². The lowest BCUT2D eigenvalue weighted by atomic mass is 10.0. The van der Waals surface area contributed by atoms with Crippen molar-refractivity contribution >= 4 is 12.0 Å². The molecule has 3 heteroatoms. The molecular weight excluding hydrogens is 178 g/mol. The van der Waals surface area contributed by atoms with Crippen molar-refractivity contribution in [1.82, 2.24) is 4.90 Å². The first-order chi connectivity index (χ1) is 6.68. The Morgan fingerprint density at radius 3 is 2.86 bits per heavy atom. The van der Waals surface area contributed by atoms with E-state index in [1.807, 2.05) is 24.3 Å². The summed E-state index contributed by atoms with van der Waals surface area (Å²) in [4.78, 5) is 12.6. The lowest BCUT2D eigenvalue weighted by Crippen LogP contribution is -2.26. The van der Waals surface area contributed by atoms with E-state index < -0.39 is 5.97 Å². The summed E-state index contributed by atoms with van der Waals surface area (Å²) >= 11 is 0. The maximum absolute atomic E-state index is 10.9. The van der Waals surface area contributed by atoms with E-state index in [1.165, 1.54) is 5.56 Å². The van der Waals surface area contributed by atoms with E-state index in [-0.39, 0.29) is 0 Å². The van der Waals surface area contributed by atoms with Gasteiger partial charge in [0.25, 0.3) is 0 Å². The van der Waals surface area contributed by atoms with Crippen LogP contribution in [0.5, 0.6) is 0 Å². The van der Waals surface area contributed by atoms with Crippen LogP contribution >= 0.6 is 0 Å². The lowest BCUT2D eigenvalue weighted by Gasteiger charge is -2.25. The topological polar surface area (TPSA) is 40.5 Å². The second-order valence-electron chi connectivity index (χ2n) is 3.39. The summed E-state index contributed by atoms with van der Waals surface area (Å²) in [7, 11) is 1.79. The second kappa shape index (κ2) is 3.18. The first kappa shape index (κ1) is 8.81. The van der Waals surface area contributed by atoms with E-state index >= 15 is 0 Å². The molecule has 0 aromatic heterocycles. The quantitative estimate of drug-likeness (QED) is 0.728. The Labute approximate surface area is 82.3 Å². The van der Waals surface area contributed by atoms with E-state index in [1.54, 1.807) is 18.0 Å². The molecule has 0 spiro atoms. The summed E-state index contributed by atoms with van der Waals surface area (Å²) < 4.78 is 0. The van der Waals surface area contributed by atoms with Gasteiger partial charge in [-0.1, -0.05) is 24.3 Å². The van der Waals surface area contributed by atoms with Gasteiger partial charge < -0.3 is 10.0 Å². The molecular formula is C11H11NO2. The van der Waals surface area contributed by atoms with Gasteiger partial charge in [-0.05, 0) is 17.2 Å². The Balaban J connectivity index is 2.49.